The molecule has 10 nitrogen and oxygen atoms in total. The van der Waals surface area contributed by atoms with Gasteiger partial charge in [0, 0.05) is 11.1 Å². The van der Waals surface area contributed by atoms with Gasteiger partial charge in [-0.2, -0.15) is 5.06 Å². The van der Waals surface area contributed by atoms with Gasteiger partial charge in [-0.05, 0) is 12.1 Å². The number of anilines is 1. The first kappa shape index (κ1) is 18.3. The highest BCUT2D eigenvalue weighted by Crippen LogP contribution is 2.36. The maximum absolute atomic E-state index is 12.1. The molecule has 1 aromatic rings. The molecule has 0 radical (unpaired) electrons. The number of carbonyl (C=O) groups excluding carboxylic acids is 1. The van der Waals surface area contributed by atoms with Crippen LogP contribution in [0.1, 0.15) is 0 Å². The number of rotatable bonds is 3. The zero-order chi connectivity index (χ0) is 18.3. The predicted molar refractivity (Wildman–Crippen MR) is 80.0 cm³/mol. The van der Waals surface area contributed by atoms with Gasteiger partial charge in [-0.25, -0.2) is 0 Å². The lowest BCUT2D eigenvalue weighted by molar-refractivity contribution is -0.323. The SMILES string of the molecule is O=C1[C@@H](O[C@H]2O[C@H](CO)[C@H](O)[C@H](O)[C@H]2O)Oc2cc(Cl)ccc2N1O. The average Bonchev–Trinajstić information content (AvgIpc) is 2.59. The van der Waals surface area contributed by atoms with Gasteiger partial charge in [0.25, 0.3) is 6.29 Å². The van der Waals surface area contributed by atoms with Gasteiger partial charge in [0.1, 0.15) is 30.1 Å². The Hall–Kier alpha value is -1.50. The Bertz CT molecular complexity index is 657. The number of benzene rings is 1. The van der Waals surface area contributed by atoms with Crippen LogP contribution in [0.2, 0.25) is 5.02 Å². The molecule has 0 aliphatic carbocycles. The molecular formula is C14H16ClNO9. The van der Waals surface area contributed by atoms with Crippen molar-refractivity contribution >= 4 is 23.2 Å². The second kappa shape index (κ2) is 7.02. The van der Waals surface area contributed by atoms with Crippen molar-refractivity contribution in [2.45, 2.75) is 37.0 Å². The number of fused-ring (bicyclic) bond motifs is 1. The Morgan fingerprint density at radius 2 is 1.92 bits per heavy atom. The maximum atomic E-state index is 12.1. The summed E-state index contributed by atoms with van der Waals surface area (Å²) in [6.07, 6.45) is -9.49. The fraction of sp³-hybridized carbons (Fsp3) is 0.500. The van der Waals surface area contributed by atoms with Crippen molar-refractivity contribution in [1.82, 2.24) is 0 Å². The van der Waals surface area contributed by atoms with Crippen LogP contribution in [0.4, 0.5) is 5.69 Å². The molecule has 0 unspecified atom stereocenters. The van der Waals surface area contributed by atoms with Gasteiger partial charge >= 0.3 is 5.91 Å². The lowest BCUT2D eigenvalue weighted by atomic mass is 9.99. The van der Waals surface area contributed by atoms with E-state index in [2.05, 4.69) is 0 Å². The highest BCUT2D eigenvalue weighted by molar-refractivity contribution is 6.30. The summed E-state index contributed by atoms with van der Waals surface area (Å²) in [5.74, 6) is -0.962. The second-order valence-electron chi connectivity index (χ2n) is 5.55. The van der Waals surface area contributed by atoms with Crippen LogP contribution in [0, 0.1) is 0 Å². The lowest BCUT2D eigenvalue weighted by Crippen LogP contribution is -2.61. The first-order valence-corrected chi connectivity index (χ1v) is 7.66. The molecule has 2 aliphatic heterocycles. The van der Waals surface area contributed by atoms with E-state index in [0.717, 1.165) is 0 Å². The fourth-order valence-electron chi connectivity index (χ4n) is 2.53. The summed E-state index contributed by atoms with van der Waals surface area (Å²) in [7, 11) is 0. The van der Waals surface area contributed by atoms with Gasteiger partial charge in [0.15, 0.2) is 12.0 Å². The normalized spacial score (nSPS) is 35.3. The molecule has 0 aromatic heterocycles. The van der Waals surface area contributed by atoms with Crippen LogP contribution in [0.15, 0.2) is 18.2 Å². The van der Waals surface area contributed by atoms with E-state index in [0.29, 0.717) is 5.06 Å². The molecule has 1 saturated heterocycles. The van der Waals surface area contributed by atoms with Crippen molar-refractivity contribution in [3.63, 3.8) is 0 Å². The highest BCUT2D eigenvalue weighted by atomic mass is 35.5. The van der Waals surface area contributed by atoms with E-state index in [4.69, 9.17) is 30.9 Å². The van der Waals surface area contributed by atoms with Crippen LogP contribution in [0.25, 0.3) is 0 Å². The summed E-state index contributed by atoms with van der Waals surface area (Å²) < 4.78 is 15.7. The highest BCUT2D eigenvalue weighted by Gasteiger charge is 2.47. The first-order valence-electron chi connectivity index (χ1n) is 7.28. The zero-order valence-corrected chi connectivity index (χ0v) is 13.4. The minimum atomic E-state index is -1.72. The number of hydrogen-bond donors (Lipinski definition) is 5. The second-order valence-corrected chi connectivity index (χ2v) is 5.98. The number of carbonyl (C=O) groups is 1. The lowest BCUT2D eigenvalue weighted by Gasteiger charge is -2.41. The van der Waals surface area contributed by atoms with Crippen LogP contribution in [0.3, 0.4) is 0 Å². The number of amides is 1. The van der Waals surface area contributed by atoms with Gasteiger partial charge in [-0.15, -0.1) is 0 Å². The van der Waals surface area contributed by atoms with Crippen molar-refractivity contribution < 1.29 is 44.6 Å². The van der Waals surface area contributed by atoms with E-state index < -0.39 is 49.5 Å². The Morgan fingerprint density at radius 3 is 2.60 bits per heavy atom. The molecular weight excluding hydrogens is 362 g/mol. The molecule has 2 aliphatic rings. The molecule has 0 saturated carbocycles. The minimum Gasteiger partial charge on any atom is -0.453 e. The summed E-state index contributed by atoms with van der Waals surface area (Å²) in [5, 5.41) is 49.1. The smallest absolute Gasteiger partial charge is 0.320 e. The summed E-state index contributed by atoms with van der Waals surface area (Å²) in [5.41, 5.74) is 0.0445. The topological polar surface area (TPSA) is 149 Å². The van der Waals surface area contributed by atoms with Crippen molar-refractivity contribution in [2.75, 3.05) is 11.7 Å². The molecule has 138 valence electrons. The van der Waals surface area contributed by atoms with Gasteiger partial charge in [0.05, 0.1) is 6.61 Å². The van der Waals surface area contributed by atoms with E-state index in [1.54, 1.807) is 0 Å². The number of aliphatic hydroxyl groups excluding tert-OH is 4. The Labute approximate surface area is 146 Å². The van der Waals surface area contributed by atoms with Gasteiger partial charge in [-0.1, -0.05) is 11.6 Å². The Kier molecular flexibility index (Phi) is 5.14. The molecule has 1 fully saturated rings. The van der Waals surface area contributed by atoms with Gasteiger partial charge < -0.3 is 34.6 Å². The molecule has 6 atom stereocenters. The molecule has 3 rings (SSSR count). The van der Waals surface area contributed by atoms with Crippen LogP contribution >= 0.6 is 11.6 Å². The molecule has 1 amide bonds. The van der Waals surface area contributed by atoms with E-state index in [1.165, 1.54) is 18.2 Å². The third-order valence-electron chi connectivity index (χ3n) is 3.90. The van der Waals surface area contributed by atoms with Crippen molar-refractivity contribution in [3.05, 3.63) is 23.2 Å². The zero-order valence-electron chi connectivity index (χ0n) is 12.6. The monoisotopic (exact) mass is 377 g/mol. The van der Waals surface area contributed by atoms with Crippen LogP contribution in [0.5, 0.6) is 5.75 Å². The largest absolute Gasteiger partial charge is 0.453 e. The molecule has 25 heavy (non-hydrogen) atoms. The number of hydroxylamine groups is 1. The molecule has 1 aromatic carbocycles. The van der Waals surface area contributed by atoms with E-state index >= 15 is 0 Å². The van der Waals surface area contributed by atoms with Gasteiger partial charge in [0.2, 0.25) is 0 Å². The predicted octanol–water partition coefficient (Wildman–Crippen LogP) is -1.40. The maximum Gasteiger partial charge on any atom is 0.320 e. The van der Waals surface area contributed by atoms with Crippen LogP contribution < -0.4 is 9.80 Å². The number of hydrogen-bond acceptors (Lipinski definition) is 9. The summed E-state index contributed by atoms with van der Waals surface area (Å²) >= 11 is 5.84. The summed E-state index contributed by atoms with van der Waals surface area (Å²) in [4.78, 5) is 12.1. The van der Waals surface area contributed by atoms with Crippen LogP contribution in [-0.4, -0.2) is 75.1 Å². The third kappa shape index (κ3) is 3.30. The summed E-state index contributed by atoms with van der Waals surface area (Å²) in [6, 6.07) is 4.15. The molecule has 0 bridgehead atoms. The van der Waals surface area contributed by atoms with Crippen molar-refractivity contribution in [1.29, 1.82) is 0 Å². The van der Waals surface area contributed by atoms with Crippen LogP contribution in [-0.2, 0) is 14.3 Å². The Balaban J connectivity index is 1.79. The van der Waals surface area contributed by atoms with Gasteiger partial charge in [-0.3, -0.25) is 10.0 Å². The number of halogens is 1. The fourth-order valence-corrected chi connectivity index (χ4v) is 2.69. The number of aliphatic hydroxyl groups is 4. The third-order valence-corrected chi connectivity index (χ3v) is 4.14. The standard InChI is InChI=1S/C14H16ClNO9/c15-5-1-2-6-7(3-5)23-14(12(21)16(6)22)25-13-11(20)10(19)9(18)8(4-17)24-13/h1-3,8-11,13-14,17-20,22H,4H2/t8-,9+,10+,11-,13-,14-/m1/s1. The molecule has 0 spiro atoms. The average molecular weight is 378 g/mol. The first-order chi connectivity index (χ1) is 11.8. The van der Waals surface area contributed by atoms with E-state index in [9.17, 15) is 25.3 Å². The van der Waals surface area contributed by atoms with E-state index in [1.807, 2.05) is 0 Å². The minimum absolute atomic E-state index is 0.0445. The van der Waals surface area contributed by atoms with Crippen molar-refractivity contribution in [3.8, 4) is 5.75 Å². The molecule has 5 N–H and O–H groups in total. The summed E-state index contributed by atoms with van der Waals surface area (Å²) in [6.45, 7) is -0.658. The number of ether oxygens (including phenoxy) is 3. The molecule has 2 heterocycles. The Morgan fingerprint density at radius 1 is 1.20 bits per heavy atom. The quantitative estimate of drug-likeness (QED) is 0.401. The molecule has 11 heteroatoms. The van der Waals surface area contributed by atoms with Crippen molar-refractivity contribution in [2.24, 2.45) is 0 Å². The van der Waals surface area contributed by atoms with E-state index in [-0.39, 0.29) is 16.5 Å². The number of nitrogens with zero attached hydrogens (tertiary/aromatic N) is 1.